The number of carbonyl (C=O) groups is 2. The molecular weight excluding hydrogens is 555 g/mol. The van der Waals surface area contributed by atoms with Gasteiger partial charge in [0.15, 0.2) is 5.13 Å². The summed E-state index contributed by atoms with van der Waals surface area (Å²) >= 11 is 2.86. The fourth-order valence-electron chi connectivity index (χ4n) is 3.57. The van der Waals surface area contributed by atoms with Crippen LogP contribution in [-0.2, 0) is 14.8 Å². The predicted molar refractivity (Wildman–Crippen MR) is 166 cm³/mol. The molecule has 2 aromatic heterocycles. The number of thiazole rings is 1. The molecule has 2 heterocycles. The van der Waals surface area contributed by atoms with E-state index in [1.807, 2.05) is 74.1 Å². The SMILES string of the molecule is C/C=C(\C=C/N(C)C)c1cccc(-c2csc(NC(=O)C(CCSC)NC(=O)c3ccn(S(C)(=O)=O)c3)n2)c1.[HH].[HH]. The summed E-state index contributed by atoms with van der Waals surface area (Å²) in [5.74, 6) is -0.272. The summed E-state index contributed by atoms with van der Waals surface area (Å²) in [5.41, 5.74) is 3.94. The molecule has 0 spiro atoms. The lowest BCUT2D eigenvalue weighted by atomic mass is 10.0. The zero-order valence-electron chi connectivity index (χ0n) is 22.5. The molecule has 2 amide bonds. The highest BCUT2D eigenvalue weighted by atomic mass is 32.2. The number of rotatable bonds is 12. The van der Waals surface area contributed by atoms with Crippen LogP contribution in [0.15, 0.2) is 66.5 Å². The third-order valence-corrected chi connectivity index (χ3v) is 8.03. The molecule has 0 bridgehead atoms. The van der Waals surface area contributed by atoms with Crippen molar-refractivity contribution < 1.29 is 20.9 Å². The first-order valence-electron chi connectivity index (χ1n) is 12.1. The first kappa shape index (κ1) is 30.2. The van der Waals surface area contributed by atoms with Crippen molar-refractivity contribution in [3.63, 3.8) is 0 Å². The second-order valence-corrected chi connectivity index (χ2v) is 12.7. The van der Waals surface area contributed by atoms with Crippen LogP contribution in [0.2, 0.25) is 0 Å². The quantitative estimate of drug-likeness (QED) is 0.289. The number of aromatic nitrogens is 2. The van der Waals surface area contributed by atoms with E-state index in [4.69, 9.17) is 0 Å². The smallest absolute Gasteiger partial charge is 0.253 e. The van der Waals surface area contributed by atoms with Crippen molar-refractivity contribution in [3.8, 4) is 11.3 Å². The van der Waals surface area contributed by atoms with Gasteiger partial charge in [-0.1, -0.05) is 24.3 Å². The van der Waals surface area contributed by atoms with Gasteiger partial charge in [-0.15, -0.1) is 11.3 Å². The monoisotopic (exact) mass is 591 g/mol. The van der Waals surface area contributed by atoms with Gasteiger partial charge in [-0.2, -0.15) is 11.8 Å². The summed E-state index contributed by atoms with van der Waals surface area (Å²) in [4.78, 5) is 32.5. The maximum Gasteiger partial charge on any atom is 0.253 e. The fourth-order valence-corrected chi connectivity index (χ4v) is 5.35. The van der Waals surface area contributed by atoms with Crippen LogP contribution in [0.5, 0.6) is 0 Å². The molecule has 0 aliphatic heterocycles. The molecular formula is C27H37N5O4S3. The summed E-state index contributed by atoms with van der Waals surface area (Å²) in [6.07, 6.45) is 12.0. The summed E-state index contributed by atoms with van der Waals surface area (Å²) in [7, 11) is 0.428. The molecule has 0 aliphatic carbocycles. The third-order valence-electron chi connectivity index (χ3n) is 5.63. The van der Waals surface area contributed by atoms with Crippen molar-refractivity contribution in [2.75, 3.05) is 37.7 Å². The van der Waals surface area contributed by atoms with Crippen LogP contribution in [0.1, 0.15) is 32.1 Å². The van der Waals surface area contributed by atoms with E-state index in [9.17, 15) is 18.0 Å². The van der Waals surface area contributed by atoms with Crippen LogP contribution in [0.4, 0.5) is 5.13 Å². The van der Waals surface area contributed by atoms with Gasteiger partial charge in [-0.25, -0.2) is 13.4 Å². The summed E-state index contributed by atoms with van der Waals surface area (Å²) < 4.78 is 24.4. The van der Waals surface area contributed by atoms with Crippen LogP contribution in [0.25, 0.3) is 16.8 Å². The highest BCUT2D eigenvalue weighted by Crippen LogP contribution is 2.28. The van der Waals surface area contributed by atoms with Crippen molar-refractivity contribution in [2.45, 2.75) is 19.4 Å². The van der Waals surface area contributed by atoms with E-state index in [0.717, 1.165) is 32.6 Å². The molecule has 39 heavy (non-hydrogen) atoms. The average Bonchev–Trinajstić information content (AvgIpc) is 3.57. The minimum absolute atomic E-state index is 0. The summed E-state index contributed by atoms with van der Waals surface area (Å²) in [6.45, 7) is 1.99. The lowest BCUT2D eigenvalue weighted by molar-refractivity contribution is -0.118. The van der Waals surface area contributed by atoms with Gasteiger partial charge in [0, 0.05) is 40.3 Å². The van der Waals surface area contributed by atoms with Crippen LogP contribution >= 0.6 is 23.1 Å². The Bertz CT molecular complexity index is 1480. The largest absolute Gasteiger partial charge is 0.383 e. The van der Waals surface area contributed by atoms with E-state index >= 15 is 0 Å². The van der Waals surface area contributed by atoms with Crippen LogP contribution in [0.3, 0.4) is 0 Å². The standard InChI is InChI=1S/C27H33N5O4S3.2H2/c1-6-19(10-13-31(2)3)20-8-7-9-21(16-20)24-18-38-27(29-24)30-26(34)23(12-15-37-4)28-25(33)22-11-14-32(17-22)39(5,35)36;;/h6-11,13-14,16-18,23H,12,15H2,1-5H3,(H,28,33)(H,29,30,34);2*1H/b13-10-,19-6+;;. The van der Waals surface area contributed by atoms with Gasteiger partial charge in [0.25, 0.3) is 5.91 Å². The van der Waals surface area contributed by atoms with E-state index in [2.05, 4.69) is 21.7 Å². The first-order chi connectivity index (χ1) is 18.5. The Morgan fingerprint density at radius 1 is 1.26 bits per heavy atom. The number of hydrogen-bond acceptors (Lipinski definition) is 8. The van der Waals surface area contributed by atoms with Crippen molar-refractivity contribution in [1.82, 2.24) is 19.2 Å². The van der Waals surface area contributed by atoms with Crippen LogP contribution < -0.4 is 10.6 Å². The van der Waals surface area contributed by atoms with E-state index in [-0.39, 0.29) is 14.3 Å². The van der Waals surface area contributed by atoms with Gasteiger partial charge in [-0.3, -0.25) is 13.6 Å². The van der Waals surface area contributed by atoms with E-state index in [1.165, 1.54) is 29.8 Å². The molecule has 0 saturated heterocycles. The zero-order chi connectivity index (χ0) is 28.6. The second-order valence-electron chi connectivity index (χ2n) is 8.93. The van der Waals surface area contributed by atoms with Crippen molar-refractivity contribution in [1.29, 1.82) is 0 Å². The fraction of sp³-hybridized carbons (Fsp3) is 0.296. The second kappa shape index (κ2) is 13.6. The Morgan fingerprint density at radius 2 is 2.03 bits per heavy atom. The number of thioether (sulfide) groups is 1. The van der Waals surface area contributed by atoms with Gasteiger partial charge in [0.05, 0.1) is 17.5 Å². The van der Waals surface area contributed by atoms with Gasteiger partial charge < -0.3 is 15.5 Å². The Hall–Kier alpha value is -3.35. The number of nitrogens with zero attached hydrogens (tertiary/aromatic N) is 3. The predicted octanol–water partition coefficient (Wildman–Crippen LogP) is 4.88. The number of benzene rings is 1. The number of allylic oxidation sites excluding steroid dienone is 3. The van der Waals surface area contributed by atoms with Gasteiger partial charge >= 0.3 is 0 Å². The van der Waals surface area contributed by atoms with Crippen LogP contribution in [0, 0.1) is 0 Å². The minimum atomic E-state index is -3.51. The van der Waals surface area contributed by atoms with E-state index in [0.29, 0.717) is 17.3 Å². The average molecular weight is 592 g/mol. The lowest BCUT2D eigenvalue weighted by Crippen LogP contribution is -2.44. The number of anilines is 1. The zero-order valence-corrected chi connectivity index (χ0v) is 25.0. The number of nitrogens with one attached hydrogen (secondary N) is 2. The molecule has 1 atom stereocenters. The van der Waals surface area contributed by atoms with E-state index in [1.54, 1.807) is 11.8 Å². The van der Waals surface area contributed by atoms with Gasteiger partial charge in [-0.05, 0) is 60.9 Å². The van der Waals surface area contributed by atoms with Gasteiger partial charge in [0.1, 0.15) is 6.04 Å². The number of carbonyl (C=O) groups excluding carboxylic acids is 2. The lowest BCUT2D eigenvalue weighted by Gasteiger charge is -2.17. The molecule has 1 aromatic carbocycles. The molecule has 9 nitrogen and oxygen atoms in total. The van der Waals surface area contributed by atoms with Crippen LogP contribution in [-0.4, -0.2) is 72.5 Å². The molecule has 0 aliphatic rings. The topological polar surface area (TPSA) is 113 Å². The summed E-state index contributed by atoms with van der Waals surface area (Å²) in [5, 5.41) is 7.85. The Labute approximate surface area is 241 Å². The van der Waals surface area contributed by atoms with Crippen molar-refractivity contribution >= 4 is 55.6 Å². The maximum absolute atomic E-state index is 13.1. The molecule has 3 rings (SSSR count). The maximum atomic E-state index is 13.1. The van der Waals surface area contributed by atoms with Gasteiger partial charge in [0.2, 0.25) is 15.9 Å². The molecule has 212 valence electrons. The molecule has 0 fully saturated rings. The molecule has 1 unspecified atom stereocenters. The molecule has 0 saturated carbocycles. The Morgan fingerprint density at radius 3 is 2.67 bits per heavy atom. The Kier molecular flexibility index (Phi) is 10.6. The number of amides is 2. The molecule has 0 radical (unpaired) electrons. The third kappa shape index (κ3) is 8.57. The Balaban J connectivity index is 0.00000420. The molecule has 3 aromatic rings. The summed E-state index contributed by atoms with van der Waals surface area (Å²) in [6, 6.07) is 8.62. The van der Waals surface area contributed by atoms with Crippen molar-refractivity contribution in [3.05, 3.63) is 77.6 Å². The molecule has 2 N–H and O–H groups in total. The highest BCUT2D eigenvalue weighted by molar-refractivity contribution is 7.98. The minimum Gasteiger partial charge on any atom is -0.383 e. The van der Waals surface area contributed by atoms with E-state index < -0.39 is 22.0 Å². The number of hydrogen-bond donors (Lipinski definition) is 2. The molecule has 12 heteroatoms. The van der Waals surface area contributed by atoms with Crippen molar-refractivity contribution in [2.24, 2.45) is 0 Å². The normalized spacial score (nSPS) is 12.9. The highest BCUT2D eigenvalue weighted by Gasteiger charge is 2.23. The first-order valence-corrected chi connectivity index (χ1v) is 16.2.